The molecular formula is C19H21N5O7S2. The number of thioether (sulfide) groups is 1. The van der Waals surface area contributed by atoms with E-state index in [1.807, 2.05) is 0 Å². The van der Waals surface area contributed by atoms with E-state index in [0.29, 0.717) is 11.3 Å². The summed E-state index contributed by atoms with van der Waals surface area (Å²) in [5, 5.41) is 7.52. The van der Waals surface area contributed by atoms with Gasteiger partial charge in [-0.25, -0.2) is 9.78 Å². The number of anilines is 1. The molecule has 3 rings (SSSR count). The Labute approximate surface area is 196 Å². The molecule has 2 atom stereocenters. The summed E-state index contributed by atoms with van der Waals surface area (Å²) in [6.07, 6.45) is 1.58. The molecule has 33 heavy (non-hydrogen) atoms. The fraction of sp³-hybridized carbons (Fsp3) is 0.368. The van der Waals surface area contributed by atoms with Crippen molar-refractivity contribution in [2.24, 2.45) is 5.16 Å². The van der Waals surface area contributed by atoms with Crippen LogP contribution in [0.15, 0.2) is 34.5 Å². The lowest BCUT2D eigenvalue weighted by Crippen LogP contribution is -2.71. The van der Waals surface area contributed by atoms with Gasteiger partial charge in [-0.15, -0.1) is 23.1 Å². The monoisotopic (exact) mass is 495 g/mol. The molecule has 2 aliphatic heterocycles. The zero-order chi connectivity index (χ0) is 24.1. The van der Waals surface area contributed by atoms with Crippen molar-refractivity contribution < 1.29 is 33.5 Å². The minimum absolute atomic E-state index is 0.00477. The van der Waals surface area contributed by atoms with Gasteiger partial charge in [0.2, 0.25) is 6.79 Å². The summed E-state index contributed by atoms with van der Waals surface area (Å²) in [6, 6.07) is -0.923. The van der Waals surface area contributed by atoms with Gasteiger partial charge in [-0.2, -0.15) is 0 Å². The fourth-order valence-electron chi connectivity index (χ4n) is 3.01. The molecule has 1 aromatic heterocycles. The van der Waals surface area contributed by atoms with Crippen molar-refractivity contribution in [1.82, 2.24) is 15.2 Å². The van der Waals surface area contributed by atoms with Crippen molar-refractivity contribution in [2.75, 3.05) is 25.4 Å². The molecule has 1 fully saturated rings. The third-order valence-corrected chi connectivity index (χ3v) is 6.56. The molecule has 12 nitrogen and oxygen atoms in total. The number of oxime groups is 1. The fourth-order valence-corrected chi connectivity index (χ4v) is 4.90. The summed E-state index contributed by atoms with van der Waals surface area (Å²) in [5.74, 6) is -2.22. The van der Waals surface area contributed by atoms with Crippen molar-refractivity contribution in [3.8, 4) is 0 Å². The number of rotatable bonds is 9. The number of β-lactam (4-membered cyclic amide) rings is 1. The van der Waals surface area contributed by atoms with Crippen molar-refractivity contribution in [3.63, 3.8) is 0 Å². The zero-order valence-corrected chi connectivity index (χ0v) is 19.4. The standard InChI is InChI=1S/C19H21N5O7S2/c1-4-9-6-32-17-13(22-15(26)12(23-29-3)10-7-33-19(20)21-10)16(27)24(17)14(9)18(28)31-8-30-11(25)5-2/h4,7,13,17H,1,5-6,8H2,2-3H3,(H2,20,21)(H,22,26)/b23-12-/t13?,17-/m1/s1. The van der Waals surface area contributed by atoms with E-state index in [2.05, 4.69) is 22.0 Å². The highest BCUT2D eigenvalue weighted by Gasteiger charge is 2.54. The number of nitrogen functional groups attached to an aromatic ring is 1. The van der Waals surface area contributed by atoms with E-state index in [9.17, 15) is 19.2 Å². The quantitative estimate of drug-likeness (QED) is 0.161. The molecule has 0 spiro atoms. The molecule has 176 valence electrons. The Balaban J connectivity index is 1.73. The Morgan fingerprint density at radius 2 is 2.18 bits per heavy atom. The molecule has 0 aromatic carbocycles. The lowest BCUT2D eigenvalue weighted by Gasteiger charge is -2.49. The van der Waals surface area contributed by atoms with Crippen molar-refractivity contribution in [2.45, 2.75) is 24.8 Å². The number of ether oxygens (including phenoxy) is 2. The van der Waals surface area contributed by atoms with Crippen LogP contribution in [-0.4, -0.2) is 70.4 Å². The highest BCUT2D eigenvalue weighted by Crippen LogP contribution is 2.41. The normalized spacial score (nSPS) is 19.9. The molecule has 3 heterocycles. The molecule has 14 heteroatoms. The average Bonchev–Trinajstić information content (AvgIpc) is 3.24. The number of fused-ring (bicyclic) bond motifs is 1. The molecule has 0 bridgehead atoms. The van der Waals surface area contributed by atoms with Crippen LogP contribution in [0, 0.1) is 0 Å². The number of carbonyl (C=O) groups excluding carboxylic acids is 4. The Bertz CT molecular complexity index is 1050. The topological polar surface area (TPSA) is 163 Å². The predicted octanol–water partition coefficient (Wildman–Crippen LogP) is 0.370. The number of hydrogen-bond donors (Lipinski definition) is 2. The van der Waals surface area contributed by atoms with E-state index in [0.717, 1.165) is 11.3 Å². The molecule has 2 aliphatic rings. The first-order valence-corrected chi connectivity index (χ1v) is 11.5. The number of aromatic nitrogens is 1. The van der Waals surface area contributed by atoms with Crippen LogP contribution in [0.3, 0.4) is 0 Å². The zero-order valence-electron chi connectivity index (χ0n) is 17.7. The minimum atomic E-state index is -0.923. The van der Waals surface area contributed by atoms with Crippen LogP contribution in [0.4, 0.5) is 5.13 Å². The van der Waals surface area contributed by atoms with E-state index < -0.39 is 42.0 Å². The first kappa shape index (κ1) is 24.3. The predicted molar refractivity (Wildman–Crippen MR) is 120 cm³/mol. The average molecular weight is 496 g/mol. The van der Waals surface area contributed by atoms with E-state index in [4.69, 9.17) is 20.0 Å². The van der Waals surface area contributed by atoms with Gasteiger partial charge >= 0.3 is 11.9 Å². The molecule has 0 radical (unpaired) electrons. The maximum atomic E-state index is 12.9. The second kappa shape index (κ2) is 10.5. The number of carbonyl (C=O) groups is 4. The van der Waals surface area contributed by atoms with Gasteiger partial charge in [0, 0.05) is 17.6 Å². The highest BCUT2D eigenvalue weighted by atomic mass is 32.2. The number of amides is 2. The van der Waals surface area contributed by atoms with Crippen molar-refractivity contribution in [3.05, 3.63) is 35.0 Å². The summed E-state index contributed by atoms with van der Waals surface area (Å²) in [6.45, 7) is 4.70. The molecule has 0 saturated carbocycles. The van der Waals surface area contributed by atoms with Crippen LogP contribution in [-0.2, 0) is 33.5 Å². The summed E-state index contributed by atoms with van der Waals surface area (Å²) in [5.41, 5.74) is 6.17. The molecule has 1 saturated heterocycles. The molecule has 0 aliphatic carbocycles. The van der Waals surface area contributed by atoms with Gasteiger partial charge in [0.1, 0.15) is 29.9 Å². The SMILES string of the molecule is C=CC1=C(C(=O)OCOC(=O)CC)N2C(=O)C(NC(=O)/C(=N\OC)c3csc(N)n3)[C@H]2SC1. The molecule has 1 aromatic rings. The van der Waals surface area contributed by atoms with Crippen LogP contribution in [0.2, 0.25) is 0 Å². The highest BCUT2D eigenvalue weighted by molar-refractivity contribution is 8.00. The van der Waals surface area contributed by atoms with E-state index in [-0.39, 0.29) is 28.7 Å². The van der Waals surface area contributed by atoms with E-state index >= 15 is 0 Å². The van der Waals surface area contributed by atoms with Crippen LogP contribution < -0.4 is 11.1 Å². The van der Waals surface area contributed by atoms with Gasteiger partial charge in [0.05, 0.1) is 0 Å². The number of nitrogens with one attached hydrogen (secondary N) is 1. The lowest BCUT2D eigenvalue weighted by molar-refractivity contribution is -0.167. The second-order valence-electron chi connectivity index (χ2n) is 6.55. The first-order valence-electron chi connectivity index (χ1n) is 9.58. The Morgan fingerprint density at radius 3 is 2.79 bits per heavy atom. The number of thiazole rings is 1. The Morgan fingerprint density at radius 1 is 1.42 bits per heavy atom. The third kappa shape index (κ3) is 5.01. The van der Waals surface area contributed by atoms with Gasteiger partial charge in [0.25, 0.3) is 11.8 Å². The van der Waals surface area contributed by atoms with Crippen molar-refractivity contribution >= 4 is 57.7 Å². The van der Waals surface area contributed by atoms with Gasteiger partial charge in [-0.3, -0.25) is 19.3 Å². The lowest BCUT2D eigenvalue weighted by atomic mass is 10.0. The Kier molecular flexibility index (Phi) is 7.71. The molecule has 1 unspecified atom stereocenters. The minimum Gasteiger partial charge on any atom is -0.428 e. The van der Waals surface area contributed by atoms with Gasteiger partial charge in [-0.05, 0) is 5.57 Å². The van der Waals surface area contributed by atoms with Crippen molar-refractivity contribution in [1.29, 1.82) is 0 Å². The number of esters is 2. The number of hydrogen-bond acceptors (Lipinski definition) is 12. The second-order valence-corrected chi connectivity index (χ2v) is 8.55. The summed E-state index contributed by atoms with van der Waals surface area (Å²) in [4.78, 5) is 59.5. The largest absolute Gasteiger partial charge is 0.428 e. The summed E-state index contributed by atoms with van der Waals surface area (Å²) in [7, 11) is 1.27. The third-order valence-electron chi connectivity index (χ3n) is 4.58. The van der Waals surface area contributed by atoms with E-state index in [1.165, 1.54) is 35.2 Å². The van der Waals surface area contributed by atoms with E-state index in [1.54, 1.807) is 6.92 Å². The van der Waals surface area contributed by atoms with Crippen LogP contribution >= 0.6 is 23.1 Å². The maximum Gasteiger partial charge on any atom is 0.358 e. The van der Waals surface area contributed by atoms with Gasteiger partial charge in [0.15, 0.2) is 10.8 Å². The Hall–Kier alpha value is -3.39. The van der Waals surface area contributed by atoms with Crippen LogP contribution in [0.1, 0.15) is 19.0 Å². The summed E-state index contributed by atoms with van der Waals surface area (Å²) >= 11 is 2.46. The number of nitrogens with two attached hydrogens (primary N) is 1. The van der Waals surface area contributed by atoms with Gasteiger partial charge in [-0.1, -0.05) is 24.7 Å². The molecule has 2 amide bonds. The molecular weight excluding hydrogens is 474 g/mol. The van der Waals surface area contributed by atoms with Crippen LogP contribution in [0.5, 0.6) is 0 Å². The smallest absolute Gasteiger partial charge is 0.358 e. The number of allylic oxidation sites excluding steroid dienone is 1. The number of nitrogens with zero attached hydrogens (tertiary/aromatic N) is 3. The molecule has 3 N–H and O–H groups in total. The summed E-state index contributed by atoms with van der Waals surface area (Å²) < 4.78 is 9.76. The van der Waals surface area contributed by atoms with Crippen LogP contribution in [0.25, 0.3) is 0 Å². The first-order chi connectivity index (χ1) is 15.8. The maximum absolute atomic E-state index is 12.9. The van der Waals surface area contributed by atoms with Gasteiger partial charge < -0.3 is 25.4 Å².